The van der Waals surface area contributed by atoms with Gasteiger partial charge in [0.2, 0.25) is 0 Å². The molecule has 0 radical (unpaired) electrons. The van der Waals surface area contributed by atoms with Crippen molar-refractivity contribution in [2.45, 2.75) is 250 Å². The number of aliphatic hydroxyl groups excluding tert-OH is 4. The third-order valence-electron chi connectivity index (χ3n) is 12.0. The van der Waals surface area contributed by atoms with Crippen LogP contribution in [0, 0.1) is 0 Å². The summed E-state index contributed by atoms with van der Waals surface area (Å²) in [5, 5.41) is 40.3. The molecule has 386 valence electrons. The third-order valence-corrected chi connectivity index (χ3v) is 12.0. The highest BCUT2D eigenvalue weighted by atomic mass is 16.7. The lowest BCUT2D eigenvalue weighted by atomic mass is 9.99. The number of rotatable bonds is 46. The molecule has 0 saturated carbocycles. The first-order valence-electron chi connectivity index (χ1n) is 27.2. The van der Waals surface area contributed by atoms with Crippen molar-refractivity contribution < 1.29 is 44.2 Å². The molecule has 0 aliphatic carbocycles. The number of hydrogen-bond donors (Lipinski definition) is 4. The fraction of sp³-hybridized carbons (Fsp3) is 0.741. The Morgan fingerprint density at radius 1 is 0.493 bits per heavy atom. The van der Waals surface area contributed by atoms with Gasteiger partial charge in [0.1, 0.15) is 30.5 Å². The first-order chi connectivity index (χ1) is 32.9. The number of esters is 1. The Morgan fingerprint density at radius 3 is 1.37 bits per heavy atom. The summed E-state index contributed by atoms with van der Waals surface area (Å²) in [5.41, 5.74) is 0. The van der Waals surface area contributed by atoms with Crippen molar-refractivity contribution in [2.75, 3.05) is 26.4 Å². The van der Waals surface area contributed by atoms with Crippen LogP contribution in [0.15, 0.2) is 85.1 Å². The number of unbranched alkanes of at least 4 members (excludes halogenated alkanes) is 21. The first-order valence-corrected chi connectivity index (χ1v) is 27.2. The Labute approximate surface area is 410 Å². The molecule has 6 unspecified atom stereocenters. The number of ether oxygens (including phenoxy) is 4. The van der Waals surface area contributed by atoms with E-state index in [0.717, 1.165) is 77.0 Å². The normalized spacial score (nSPS) is 19.9. The monoisotopic (exact) mass is 941 g/mol. The summed E-state index contributed by atoms with van der Waals surface area (Å²) in [6, 6.07) is 0. The third kappa shape index (κ3) is 38.9. The summed E-state index contributed by atoms with van der Waals surface area (Å²) in [6.45, 7) is 4.42. The lowest BCUT2D eigenvalue weighted by Gasteiger charge is -2.39. The Morgan fingerprint density at radius 2 is 0.910 bits per heavy atom. The molecule has 9 heteroatoms. The average Bonchev–Trinajstić information content (AvgIpc) is 3.33. The van der Waals surface area contributed by atoms with Crippen molar-refractivity contribution in [3.63, 3.8) is 0 Å². The van der Waals surface area contributed by atoms with Crippen molar-refractivity contribution in [2.24, 2.45) is 0 Å². The minimum absolute atomic E-state index is 0.122. The minimum Gasteiger partial charge on any atom is -0.457 e. The van der Waals surface area contributed by atoms with Crippen molar-refractivity contribution in [3.8, 4) is 0 Å². The van der Waals surface area contributed by atoms with E-state index in [1.54, 1.807) is 0 Å². The van der Waals surface area contributed by atoms with Gasteiger partial charge in [0.05, 0.1) is 19.8 Å². The van der Waals surface area contributed by atoms with Gasteiger partial charge in [-0.25, -0.2) is 0 Å². The zero-order valence-electron chi connectivity index (χ0n) is 42.6. The number of carbonyl (C=O) groups is 1. The molecular formula is C58H100O9. The van der Waals surface area contributed by atoms with Gasteiger partial charge < -0.3 is 39.4 Å². The van der Waals surface area contributed by atoms with E-state index in [4.69, 9.17) is 18.9 Å². The van der Waals surface area contributed by atoms with Crippen molar-refractivity contribution >= 4 is 5.97 Å². The highest BCUT2D eigenvalue weighted by Gasteiger charge is 2.44. The molecule has 4 N–H and O–H groups in total. The van der Waals surface area contributed by atoms with Gasteiger partial charge in [-0.05, 0) is 89.9 Å². The van der Waals surface area contributed by atoms with Gasteiger partial charge in [-0.1, -0.05) is 202 Å². The van der Waals surface area contributed by atoms with Gasteiger partial charge in [0.15, 0.2) is 6.29 Å². The summed E-state index contributed by atoms with van der Waals surface area (Å²) in [6.07, 6.45) is 59.0. The maximum absolute atomic E-state index is 12.9. The molecule has 0 amide bonds. The van der Waals surface area contributed by atoms with Gasteiger partial charge in [-0.15, -0.1) is 0 Å². The summed E-state index contributed by atoms with van der Waals surface area (Å²) in [4.78, 5) is 12.9. The molecule has 1 saturated heterocycles. The summed E-state index contributed by atoms with van der Waals surface area (Å²) < 4.78 is 22.9. The lowest BCUT2D eigenvalue weighted by Crippen LogP contribution is -2.59. The molecule has 1 rings (SSSR count). The molecule has 1 aliphatic heterocycles. The van der Waals surface area contributed by atoms with Crippen LogP contribution in [0.4, 0.5) is 0 Å². The molecule has 9 nitrogen and oxygen atoms in total. The second-order valence-corrected chi connectivity index (χ2v) is 18.3. The maximum atomic E-state index is 12.9. The standard InChI is InChI=1S/C58H100O9/c1-3-5-7-9-11-13-15-17-19-21-23-24-25-26-27-28-29-31-33-35-37-39-41-43-45-47-54(60)66-52(51-65-58-57(63)56(62)55(61)53(49-59)67-58)50-64-48-46-44-42-40-38-36-34-32-30-22-20-18-16-14-12-10-8-6-4-2/h5,7,11,13-14,16-17,19-20,22-24,26-27,52-53,55-59,61-63H,3-4,6,8-10,12,15,18,21,25,28-51H2,1-2H3/b7-5-,13-11-,16-14-,19-17-,22-20-,24-23-,27-26-. The maximum Gasteiger partial charge on any atom is 0.306 e. The molecule has 0 bridgehead atoms. The highest BCUT2D eigenvalue weighted by Crippen LogP contribution is 2.23. The zero-order chi connectivity index (χ0) is 48.5. The van der Waals surface area contributed by atoms with Gasteiger partial charge in [-0.2, -0.15) is 0 Å². The molecule has 0 aromatic rings. The van der Waals surface area contributed by atoms with Crippen LogP contribution < -0.4 is 0 Å². The van der Waals surface area contributed by atoms with Gasteiger partial charge in [0, 0.05) is 13.0 Å². The summed E-state index contributed by atoms with van der Waals surface area (Å²) in [7, 11) is 0. The Kier molecular flexibility index (Phi) is 45.1. The van der Waals surface area contributed by atoms with Crippen LogP contribution in [0.5, 0.6) is 0 Å². The number of aliphatic hydroxyl groups is 4. The molecule has 1 heterocycles. The van der Waals surface area contributed by atoms with E-state index in [-0.39, 0.29) is 19.2 Å². The SMILES string of the molecule is CC/C=C\C/C=C\C/C=C\C/C=C\C/C=C\CCCCCCCCCCCC(=O)OC(COCCCCCCCCCC/C=C\C/C=C\CCCCCC)COC1OC(CO)C(O)C(O)C1O. The molecule has 1 aliphatic rings. The largest absolute Gasteiger partial charge is 0.457 e. The van der Waals surface area contributed by atoms with E-state index in [2.05, 4.69) is 98.9 Å². The summed E-state index contributed by atoms with van der Waals surface area (Å²) >= 11 is 0. The predicted octanol–water partition coefficient (Wildman–Crippen LogP) is 13.8. The van der Waals surface area contributed by atoms with E-state index >= 15 is 0 Å². The molecular weight excluding hydrogens is 841 g/mol. The average molecular weight is 941 g/mol. The van der Waals surface area contributed by atoms with Gasteiger partial charge >= 0.3 is 5.97 Å². The second-order valence-electron chi connectivity index (χ2n) is 18.3. The molecule has 0 aromatic carbocycles. The fourth-order valence-corrected chi connectivity index (χ4v) is 7.84. The van der Waals surface area contributed by atoms with E-state index in [1.165, 1.54) is 116 Å². The molecule has 0 aromatic heterocycles. The Bertz CT molecular complexity index is 1300. The van der Waals surface area contributed by atoms with Crippen LogP contribution >= 0.6 is 0 Å². The van der Waals surface area contributed by atoms with Crippen LogP contribution in [0.25, 0.3) is 0 Å². The van der Waals surface area contributed by atoms with E-state index in [9.17, 15) is 25.2 Å². The highest BCUT2D eigenvalue weighted by molar-refractivity contribution is 5.69. The molecule has 67 heavy (non-hydrogen) atoms. The molecule has 0 spiro atoms. The van der Waals surface area contributed by atoms with Crippen molar-refractivity contribution in [1.29, 1.82) is 0 Å². The molecule has 1 fully saturated rings. The van der Waals surface area contributed by atoms with Crippen LogP contribution in [0.2, 0.25) is 0 Å². The number of carbonyl (C=O) groups excluding carboxylic acids is 1. The predicted molar refractivity (Wildman–Crippen MR) is 279 cm³/mol. The minimum atomic E-state index is -1.54. The lowest BCUT2D eigenvalue weighted by molar-refractivity contribution is -0.305. The Hall–Kier alpha value is -2.63. The van der Waals surface area contributed by atoms with Crippen LogP contribution in [-0.4, -0.2) is 89.6 Å². The van der Waals surface area contributed by atoms with Crippen molar-refractivity contribution in [1.82, 2.24) is 0 Å². The first kappa shape index (κ1) is 62.4. The van der Waals surface area contributed by atoms with Gasteiger partial charge in [0.25, 0.3) is 0 Å². The smallest absolute Gasteiger partial charge is 0.306 e. The quantitative estimate of drug-likeness (QED) is 0.0267. The van der Waals surface area contributed by atoms with Crippen LogP contribution in [0.1, 0.15) is 213 Å². The fourth-order valence-electron chi connectivity index (χ4n) is 7.84. The van der Waals surface area contributed by atoms with E-state index in [1.807, 2.05) is 0 Å². The number of hydrogen-bond acceptors (Lipinski definition) is 9. The zero-order valence-corrected chi connectivity index (χ0v) is 42.6. The molecule has 6 atom stereocenters. The second kappa shape index (κ2) is 48.4. The van der Waals surface area contributed by atoms with E-state index in [0.29, 0.717) is 13.0 Å². The topological polar surface area (TPSA) is 135 Å². The van der Waals surface area contributed by atoms with E-state index < -0.39 is 43.4 Å². The van der Waals surface area contributed by atoms with Crippen LogP contribution in [0.3, 0.4) is 0 Å². The van der Waals surface area contributed by atoms with Gasteiger partial charge in [-0.3, -0.25) is 4.79 Å². The number of allylic oxidation sites excluding steroid dienone is 14. The van der Waals surface area contributed by atoms with Crippen LogP contribution in [-0.2, 0) is 23.7 Å². The Balaban J connectivity index is 2.20. The van der Waals surface area contributed by atoms with Crippen molar-refractivity contribution in [3.05, 3.63) is 85.1 Å². The summed E-state index contributed by atoms with van der Waals surface area (Å²) in [5.74, 6) is -0.324.